The molecule has 1 aromatic rings. The first-order chi connectivity index (χ1) is 8.63. The van der Waals surface area contributed by atoms with Crippen molar-refractivity contribution in [2.24, 2.45) is 5.84 Å². The summed E-state index contributed by atoms with van der Waals surface area (Å²) in [5, 5.41) is 0. The van der Waals surface area contributed by atoms with Crippen molar-refractivity contribution in [1.82, 2.24) is 9.88 Å². The predicted octanol–water partition coefficient (Wildman–Crippen LogP) is 1.58. The molecule has 1 rings (SSSR count). The molecule has 0 spiro atoms. The number of nitrogen functional groups attached to an aromatic ring is 1. The Balaban J connectivity index is 2.78. The molecule has 0 aliphatic rings. The number of nitrogens with zero attached hydrogens (tertiary/aromatic N) is 2. The van der Waals surface area contributed by atoms with Crippen molar-refractivity contribution in [2.45, 2.75) is 19.4 Å². The smallest absolute Gasteiger partial charge is 0.272 e. The number of amides is 1. The van der Waals surface area contributed by atoms with Crippen molar-refractivity contribution in [3.05, 3.63) is 24.0 Å². The Hall–Kier alpha value is -1.27. The zero-order valence-electron chi connectivity index (χ0n) is 11.0. The first-order valence-electron chi connectivity index (χ1n) is 5.82. The topological polar surface area (TPSA) is 71.2 Å². The van der Waals surface area contributed by atoms with Gasteiger partial charge in [-0.1, -0.05) is 6.92 Å². The lowest BCUT2D eigenvalue weighted by atomic mass is 10.2. The lowest BCUT2D eigenvalue weighted by Gasteiger charge is -2.26. The summed E-state index contributed by atoms with van der Waals surface area (Å²) >= 11 is 1.74. The van der Waals surface area contributed by atoms with Crippen molar-refractivity contribution in [3.8, 4) is 0 Å². The van der Waals surface area contributed by atoms with Crippen LogP contribution in [-0.4, -0.2) is 40.9 Å². The summed E-state index contributed by atoms with van der Waals surface area (Å²) in [6.45, 7) is 2.08. The molecule has 0 aliphatic heterocycles. The third-order valence-corrected chi connectivity index (χ3v) is 3.57. The lowest BCUT2D eigenvalue weighted by Crippen LogP contribution is -2.38. The van der Waals surface area contributed by atoms with Gasteiger partial charge in [0.25, 0.3) is 5.91 Å². The number of carbonyl (C=O) groups is 1. The fraction of sp³-hybridized carbons (Fsp3) is 0.500. The number of rotatable bonds is 6. The predicted molar refractivity (Wildman–Crippen MR) is 76.6 cm³/mol. The summed E-state index contributed by atoms with van der Waals surface area (Å²) in [6.07, 6.45) is 4.53. The maximum absolute atomic E-state index is 12.2. The highest BCUT2D eigenvalue weighted by Crippen LogP contribution is 2.12. The lowest BCUT2D eigenvalue weighted by molar-refractivity contribution is 0.0738. The molecular formula is C12H20N4OS. The average molecular weight is 268 g/mol. The van der Waals surface area contributed by atoms with Crippen LogP contribution in [0.25, 0.3) is 0 Å². The van der Waals surface area contributed by atoms with Gasteiger partial charge in [-0.25, -0.2) is 4.98 Å². The van der Waals surface area contributed by atoms with E-state index in [-0.39, 0.29) is 11.9 Å². The first kappa shape index (κ1) is 14.8. The number of hydrogen-bond donors (Lipinski definition) is 2. The fourth-order valence-electron chi connectivity index (χ4n) is 1.65. The van der Waals surface area contributed by atoms with Gasteiger partial charge in [0, 0.05) is 18.8 Å². The number of hydrazine groups is 1. The SMILES string of the molecule is CCC(CSC)N(C)C(=O)c1ccc(NN)cn1. The summed E-state index contributed by atoms with van der Waals surface area (Å²) in [7, 11) is 1.82. The summed E-state index contributed by atoms with van der Waals surface area (Å²) in [5.74, 6) is 6.13. The van der Waals surface area contributed by atoms with E-state index in [2.05, 4.69) is 17.3 Å². The third-order valence-electron chi connectivity index (χ3n) is 2.85. The highest BCUT2D eigenvalue weighted by molar-refractivity contribution is 7.98. The van der Waals surface area contributed by atoms with Crippen LogP contribution in [0.2, 0.25) is 0 Å². The number of pyridine rings is 1. The van der Waals surface area contributed by atoms with Crippen LogP contribution < -0.4 is 11.3 Å². The van der Waals surface area contributed by atoms with Crippen molar-refractivity contribution >= 4 is 23.4 Å². The second-order valence-corrected chi connectivity index (χ2v) is 4.92. The molecular weight excluding hydrogens is 248 g/mol. The van der Waals surface area contributed by atoms with E-state index in [0.717, 1.165) is 12.2 Å². The third kappa shape index (κ3) is 3.61. The van der Waals surface area contributed by atoms with Gasteiger partial charge in [-0.3, -0.25) is 10.6 Å². The Morgan fingerprint density at radius 2 is 2.33 bits per heavy atom. The molecule has 0 bridgehead atoms. The van der Waals surface area contributed by atoms with E-state index in [9.17, 15) is 4.79 Å². The fourth-order valence-corrected chi connectivity index (χ4v) is 2.49. The molecule has 5 nitrogen and oxygen atoms in total. The Morgan fingerprint density at radius 1 is 1.61 bits per heavy atom. The van der Waals surface area contributed by atoms with Gasteiger partial charge in [0.15, 0.2) is 0 Å². The number of thioether (sulfide) groups is 1. The van der Waals surface area contributed by atoms with Gasteiger partial charge in [0.05, 0.1) is 11.9 Å². The molecule has 0 radical (unpaired) electrons. The molecule has 18 heavy (non-hydrogen) atoms. The Kier molecular flexibility index (Phi) is 5.94. The van der Waals surface area contributed by atoms with Crippen LogP contribution >= 0.6 is 11.8 Å². The summed E-state index contributed by atoms with van der Waals surface area (Å²) in [4.78, 5) is 18.1. The number of hydrogen-bond acceptors (Lipinski definition) is 5. The van der Waals surface area contributed by atoms with Gasteiger partial charge >= 0.3 is 0 Å². The van der Waals surface area contributed by atoms with Crippen molar-refractivity contribution in [1.29, 1.82) is 0 Å². The van der Waals surface area contributed by atoms with Gasteiger partial charge in [-0.05, 0) is 24.8 Å². The van der Waals surface area contributed by atoms with E-state index < -0.39 is 0 Å². The van der Waals surface area contributed by atoms with Crippen LogP contribution in [0.4, 0.5) is 5.69 Å². The van der Waals surface area contributed by atoms with E-state index >= 15 is 0 Å². The van der Waals surface area contributed by atoms with Crippen molar-refractivity contribution in [2.75, 3.05) is 24.5 Å². The Bertz CT molecular complexity index is 382. The standard InChI is InChI=1S/C12H20N4OS/c1-4-10(8-18-3)16(2)12(17)11-6-5-9(15-13)7-14-11/h5-7,10,15H,4,8,13H2,1-3H3. The highest BCUT2D eigenvalue weighted by atomic mass is 32.2. The molecule has 0 saturated carbocycles. The highest BCUT2D eigenvalue weighted by Gasteiger charge is 2.20. The van der Waals surface area contributed by atoms with Crippen LogP contribution in [0.15, 0.2) is 18.3 Å². The van der Waals surface area contributed by atoms with E-state index in [1.54, 1.807) is 35.0 Å². The molecule has 1 aromatic heterocycles. The van der Waals surface area contributed by atoms with E-state index in [1.807, 2.05) is 13.3 Å². The zero-order valence-corrected chi connectivity index (χ0v) is 11.8. The Labute approximate surface area is 112 Å². The van der Waals surface area contributed by atoms with E-state index in [1.165, 1.54) is 0 Å². The van der Waals surface area contributed by atoms with E-state index in [4.69, 9.17) is 5.84 Å². The molecule has 0 aromatic carbocycles. The van der Waals surface area contributed by atoms with Gasteiger partial charge < -0.3 is 10.3 Å². The number of aromatic nitrogens is 1. The van der Waals surface area contributed by atoms with Crippen LogP contribution in [0.1, 0.15) is 23.8 Å². The molecule has 0 saturated heterocycles. The van der Waals surface area contributed by atoms with Gasteiger partial charge in [0.1, 0.15) is 5.69 Å². The van der Waals surface area contributed by atoms with Crippen LogP contribution in [0.3, 0.4) is 0 Å². The number of anilines is 1. The normalized spacial score (nSPS) is 12.0. The molecule has 1 unspecified atom stereocenters. The maximum atomic E-state index is 12.2. The van der Waals surface area contributed by atoms with Gasteiger partial charge in [0.2, 0.25) is 0 Å². The quantitative estimate of drug-likeness (QED) is 0.605. The first-order valence-corrected chi connectivity index (χ1v) is 7.22. The minimum atomic E-state index is -0.0560. The van der Waals surface area contributed by atoms with Crippen LogP contribution in [0, 0.1) is 0 Å². The Morgan fingerprint density at radius 3 is 2.78 bits per heavy atom. The second-order valence-electron chi connectivity index (χ2n) is 4.01. The largest absolute Gasteiger partial charge is 0.337 e. The monoisotopic (exact) mass is 268 g/mol. The van der Waals surface area contributed by atoms with Crippen molar-refractivity contribution in [3.63, 3.8) is 0 Å². The average Bonchev–Trinajstić information content (AvgIpc) is 2.43. The summed E-state index contributed by atoms with van der Waals surface area (Å²) in [5.41, 5.74) is 3.61. The molecule has 1 atom stereocenters. The molecule has 6 heteroatoms. The molecule has 0 fully saturated rings. The number of nitrogens with one attached hydrogen (secondary N) is 1. The maximum Gasteiger partial charge on any atom is 0.272 e. The van der Waals surface area contributed by atoms with Crippen molar-refractivity contribution < 1.29 is 4.79 Å². The van der Waals surface area contributed by atoms with Gasteiger partial charge in [-0.2, -0.15) is 11.8 Å². The summed E-state index contributed by atoms with van der Waals surface area (Å²) in [6, 6.07) is 3.66. The molecule has 1 amide bonds. The molecule has 100 valence electrons. The van der Waals surface area contributed by atoms with Gasteiger partial charge in [-0.15, -0.1) is 0 Å². The minimum absolute atomic E-state index is 0.0560. The number of carbonyl (C=O) groups excluding carboxylic acids is 1. The second kappa shape index (κ2) is 7.23. The van der Waals surface area contributed by atoms with E-state index in [0.29, 0.717) is 11.4 Å². The number of nitrogens with two attached hydrogens (primary N) is 1. The van der Waals surface area contributed by atoms with Crippen LogP contribution in [0.5, 0.6) is 0 Å². The zero-order chi connectivity index (χ0) is 13.5. The molecule has 3 N–H and O–H groups in total. The summed E-state index contributed by atoms with van der Waals surface area (Å²) < 4.78 is 0. The minimum Gasteiger partial charge on any atom is -0.337 e. The molecule has 0 aliphatic carbocycles. The van der Waals surface area contributed by atoms with Crippen LogP contribution in [-0.2, 0) is 0 Å². The molecule has 1 heterocycles.